The van der Waals surface area contributed by atoms with Gasteiger partial charge in [0.1, 0.15) is 12.1 Å². The summed E-state index contributed by atoms with van der Waals surface area (Å²) in [7, 11) is 1.97. The highest BCUT2D eigenvalue weighted by Crippen LogP contribution is 2.35. The Balaban J connectivity index is 0.955. The van der Waals surface area contributed by atoms with E-state index in [2.05, 4.69) is 36.1 Å². The number of halogens is 3. The standard InChI is InChI=1S/C50H56F3N9O7S/c1-29-43(70-28-57-29)32-8-6-30(7-9-32)25-56-47(68)40-23-35(63)27-62(40)48(69)44(49(2,3)4)59-41(64)16-17-54-45(66)33-12-10-31(11-13-33)34-14-15-39(61-20-18-60(5)19-21-61)38(22-34)58-46(67)36-26-55-42(65)24-37(36)50(51,52)53/h6-15,22,24,26,28,35,40,44,63H,16-21,23,25,27H2,1-5H3,(H,54,66)(H,55,65)(H,56,68)(H,58,67)(H,59,64). The number of hydrogen-bond donors (Lipinski definition) is 6. The number of aliphatic hydroxyl groups is 1. The van der Waals surface area contributed by atoms with Gasteiger partial charge in [0.05, 0.1) is 44.7 Å². The van der Waals surface area contributed by atoms with Crippen LogP contribution in [0.3, 0.4) is 0 Å². The maximum atomic E-state index is 14.1. The fourth-order valence-corrected chi connectivity index (χ4v) is 9.25. The van der Waals surface area contributed by atoms with Gasteiger partial charge < -0.3 is 46.1 Å². The Hall–Kier alpha value is -6.90. The van der Waals surface area contributed by atoms with Crippen LogP contribution in [0.4, 0.5) is 24.5 Å². The molecule has 0 radical (unpaired) electrons. The van der Waals surface area contributed by atoms with Crippen molar-refractivity contribution < 1.29 is 42.3 Å². The predicted octanol–water partition coefficient (Wildman–Crippen LogP) is 5.43. The molecular formula is C50H56F3N9O7S. The third-order valence-electron chi connectivity index (χ3n) is 12.4. The zero-order chi connectivity index (χ0) is 50.5. The van der Waals surface area contributed by atoms with E-state index >= 15 is 0 Å². The number of piperazine rings is 1. The summed E-state index contributed by atoms with van der Waals surface area (Å²) >= 11 is 1.55. The first-order valence-electron chi connectivity index (χ1n) is 22.8. The summed E-state index contributed by atoms with van der Waals surface area (Å²) in [5.41, 5.74) is 3.04. The summed E-state index contributed by atoms with van der Waals surface area (Å²) in [4.78, 5) is 92.3. The number of nitrogens with zero attached hydrogens (tertiary/aromatic N) is 4. The zero-order valence-electron chi connectivity index (χ0n) is 39.4. The van der Waals surface area contributed by atoms with Crippen molar-refractivity contribution in [3.8, 4) is 21.6 Å². The molecule has 2 fully saturated rings. The summed E-state index contributed by atoms with van der Waals surface area (Å²) in [6, 6.07) is 17.8. The number of aromatic amines is 1. The lowest BCUT2D eigenvalue weighted by Gasteiger charge is -2.35. The summed E-state index contributed by atoms with van der Waals surface area (Å²) in [6.45, 7) is 9.97. The Morgan fingerprint density at radius 3 is 2.20 bits per heavy atom. The van der Waals surface area contributed by atoms with E-state index in [0.29, 0.717) is 36.0 Å². The lowest BCUT2D eigenvalue weighted by Crippen LogP contribution is -2.57. The molecule has 370 valence electrons. The number of carbonyl (C=O) groups is 5. The summed E-state index contributed by atoms with van der Waals surface area (Å²) in [6.07, 6.45) is -5.28. The van der Waals surface area contributed by atoms with E-state index in [4.69, 9.17) is 0 Å². The second-order valence-electron chi connectivity index (χ2n) is 18.6. The molecule has 20 heteroatoms. The molecule has 3 unspecified atom stereocenters. The molecule has 2 aliphatic rings. The normalized spacial score (nSPS) is 16.9. The third kappa shape index (κ3) is 12.3. The molecule has 70 heavy (non-hydrogen) atoms. The number of rotatable bonds is 14. The first-order chi connectivity index (χ1) is 33.2. The number of amides is 5. The van der Waals surface area contributed by atoms with E-state index in [0.717, 1.165) is 41.0 Å². The third-order valence-corrected chi connectivity index (χ3v) is 13.4. The van der Waals surface area contributed by atoms with Crippen LogP contribution in [-0.2, 0) is 27.1 Å². The van der Waals surface area contributed by atoms with Gasteiger partial charge in [-0.3, -0.25) is 28.8 Å². The molecule has 0 aliphatic carbocycles. The van der Waals surface area contributed by atoms with Crippen LogP contribution < -0.4 is 31.7 Å². The number of aromatic nitrogens is 2. The number of alkyl halides is 3. The van der Waals surface area contributed by atoms with E-state index in [1.165, 1.54) is 4.90 Å². The van der Waals surface area contributed by atoms with E-state index in [9.17, 15) is 47.0 Å². The number of thiazole rings is 1. The molecule has 0 spiro atoms. The molecule has 16 nitrogen and oxygen atoms in total. The fourth-order valence-electron chi connectivity index (χ4n) is 8.44. The minimum absolute atomic E-state index is 0.0377. The van der Waals surface area contributed by atoms with Gasteiger partial charge in [-0.15, -0.1) is 11.3 Å². The average molecular weight is 984 g/mol. The number of anilines is 2. The molecular weight excluding hydrogens is 928 g/mol. The molecule has 2 aromatic heterocycles. The molecule has 4 heterocycles. The number of hydrogen-bond acceptors (Lipinski definition) is 11. The molecule has 7 rings (SSSR count). The van der Waals surface area contributed by atoms with Crippen LogP contribution >= 0.6 is 11.3 Å². The maximum absolute atomic E-state index is 14.1. The average Bonchev–Trinajstić information content (AvgIpc) is 3.94. The number of aryl methyl sites for hydroxylation is 1. The van der Waals surface area contributed by atoms with Gasteiger partial charge in [-0.25, -0.2) is 4.98 Å². The van der Waals surface area contributed by atoms with Crippen molar-refractivity contribution >= 4 is 52.2 Å². The Morgan fingerprint density at radius 2 is 1.56 bits per heavy atom. The van der Waals surface area contributed by atoms with Crippen molar-refractivity contribution in [3.63, 3.8) is 0 Å². The highest BCUT2D eigenvalue weighted by Gasteiger charge is 2.44. The largest absolute Gasteiger partial charge is 0.417 e. The van der Waals surface area contributed by atoms with E-state index < -0.39 is 76.0 Å². The van der Waals surface area contributed by atoms with Crippen molar-refractivity contribution in [1.29, 1.82) is 0 Å². The van der Waals surface area contributed by atoms with Crippen LogP contribution in [0.1, 0.15) is 71.1 Å². The van der Waals surface area contributed by atoms with Gasteiger partial charge in [0.25, 0.3) is 11.8 Å². The Morgan fingerprint density at radius 1 is 0.886 bits per heavy atom. The molecule has 5 amide bonds. The summed E-state index contributed by atoms with van der Waals surface area (Å²) in [5.74, 6) is -2.99. The van der Waals surface area contributed by atoms with E-state index in [1.807, 2.05) is 43.1 Å². The predicted molar refractivity (Wildman–Crippen MR) is 260 cm³/mol. The van der Waals surface area contributed by atoms with Crippen LogP contribution in [0, 0.1) is 12.3 Å². The number of H-pyrrole nitrogens is 1. The quantitative estimate of drug-likeness (QED) is 0.0832. The van der Waals surface area contributed by atoms with Crippen LogP contribution in [0.2, 0.25) is 0 Å². The summed E-state index contributed by atoms with van der Waals surface area (Å²) in [5, 5.41) is 21.7. The summed E-state index contributed by atoms with van der Waals surface area (Å²) < 4.78 is 41.6. The topological polar surface area (TPSA) is 209 Å². The minimum Gasteiger partial charge on any atom is -0.391 e. The van der Waals surface area contributed by atoms with E-state index in [-0.39, 0.29) is 43.7 Å². The number of likely N-dealkylation sites (N-methyl/N-ethyl adjacent to an activating group) is 1. The number of pyridine rings is 1. The zero-order valence-corrected chi connectivity index (χ0v) is 40.2. The molecule has 0 saturated carbocycles. The number of benzene rings is 3. The van der Waals surface area contributed by atoms with Crippen LogP contribution in [-0.4, -0.2) is 119 Å². The number of carbonyl (C=O) groups excluding carboxylic acids is 5. The van der Waals surface area contributed by atoms with Crippen LogP contribution in [0.5, 0.6) is 0 Å². The molecule has 2 aliphatic heterocycles. The van der Waals surface area contributed by atoms with Crippen molar-refractivity contribution in [3.05, 3.63) is 123 Å². The lowest BCUT2D eigenvalue weighted by molar-refractivity contribution is -0.144. The van der Waals surface area contributed by atoms with Gasteiger partial charge in [-0.05, 0) is 65.9 Å². The fraction of sp³-hybridized carbons (Fsp3) is 0.380. The smallest absolute Gasteiger partial charge is 0.391 e. The molecule has 6 N–H and O–H groups in total. The first kappa shape index (κ1) is 51.0. The number of likely N-dealkylation sites (tertiary alicyclic amines) is 1. The molecule has 0 bridgehead atoms. The van der Waals surface area contributed by atoms with Gasteiger partial charge >= 0.3 is 6.18 Å². The van der Waals surface area contributed by atoms with Gasteiger partial charge in [-0.1, -0.05) is 63.2 Å². The molecule has 3 aromatic carbocycles. The maximum Gasteiger partial charge on any atom is 0.417 e. The first-order valence-corrected chi connectivity index (χ1v) is 23.7. The lowest BCUT2D eigenvalue weighted by atomic mass is 9.85. The second-order valence-corrected chi connectivity index (χ2v) is 19.5. The van der Waals surface area contributed by atoms with Gasteiger partial charge in [0, 0.05) is 76.5 Å². The van der Waals surface area contributed by atoms with Crippen molar-refractivity contribution in [2.75, 3.05) is 56.5 Å². The van der Waals surface area contributed by atoms with Gasteiger partial charge in [0.2, 0.25) is 23.3 Å². The van der Waals surface area contributed by atoms with Crippen molar-refractivity contribution in [2.45, 2.75) is 71.4 Å². The van der Waals surface area contributed by atoms with Crippen LogP contribution in [0.25, 0.3) is 21.6 Å². The van der Waals surface area contributed by atoms with Crippen LogP contribution in [0.15, 0.2) is 89.3 Å². The van der Waals surface area contributed by atoms with Crippen molar-refractivity contribution in [1.82, 2.24) is 35.7 Å². The minimum atomic E-state index is -4.95. The monoisotopic (exact) mass is 983 g/mol. The van der Waals surface area contributed by atoms with Gasteiger partial charge in [-0.2, -0.15) is 13.2 Å². The molecule has 2 saturated heterocycles. The van der Waals surface area contributed by atoms with E-state index in [1.54, 1.807) is 80.1 Å². The highest BCUT2D eigenvalue weighted by atomic mass is 32.1. The SMILES string of the molecule is Cc1ncsc1-c1ccc(CNC(=O)C2CC(O)CN2C(=O)C(NC(=O)CCNC(=O)c2ccc(-c3ccc(N4CCN(C)CC4)c(NC(=O)c4c[nH]c(=O)cc4C(F)(F)F)c3)cc2)C(C)(C)C)cc1. The molecule has 5 aromatic rings. The second kappa shape index (κ2) is 21.4. The Labute approximate surface area is 406 Å². The molecule has 3 atom stereocenters. The number of aliphatic hydroxyl groups excluding tert-OH is 1. The van der Waals surface area contributed by atoms with Crippen molar-refractivity contribution in [2.24, 2.45) is 5.41 Å². The number of nitrogens with one attached hydrogen (secondary N) is 5. The Kier molecular flexibility index (Phi) is 15.6. The van der Waals surface area contributed by atoms with Gasteiger partial charge in [0.15, 0.2) is 0 Å². The Bertz CT molecular complexity index is 2780. The number of β-amino-alcohol motifs (C(OH)–C–C–N with tert-alkyl or cyclic N) is 1. The highest BCUT2D eigenvalue weighted by molar-refractivity contribution is 7.13.